The van der Waals surface area contributed by atoms with Crippen LogP contribution in [0, 0.1) is 35.3 Å². The molecule has 0 saturated carbocycles. The molecule has 0 radical (unpaired) electrons. The van der Waals surface area contributed by atoms with Gasteiger partial charge < -0.3 is 10.0 Å². The number of carbonyl (C=O) groups is 1. The Labute approximate surface area is 197 Å². The highest BCUT2D eigenvalue weighted by Gasteiger charge is 2.50. The minimum Gasteiger partial charge on any atom is -0.389 e. The zero-order valence-corrected chi connectivity index (χ0v) is 21.2. The lowest BCUT2D eigenvalue weighted by Gasteiger charge is -2.50. The number of hydrogen-bond donors (Lipinski definition) is 1. The van der Waals surface area contributed by atoms with Gasteiger partial charge in [-0.15, -0.1) is 12.4 Å². The summed E-state index contributed by atoms with van der Waals surface area (Å²) in [6.07, 6.45) is 0. The molecule has 3 rings (SSSR count). The van der Waals surface area contributed by atoms with Gasteiger partial charge in [0, 0.05) is 55.5 Å². The second kappa shape index (κ2) is 9.55. The number of carbonyl (C=O) groups excluding carboxylic acids is 1. The molecule has 2 heterocycles. The SMILES string of the molecule is CC(C)[C@]1(O)[C@H](C)CN(C(=O)[C@@H]2CN(C(C)(C)C)C[C@H]2c2ccc(F)cc2F)C[C@@H]1C.Cl. The maximum atomic E-state index is 14.7. The van der Waals surface area contributed by atoms with Gasteiger partial charge in [-0.1, -0.05) is 33.8 Å². The fraction of sp³-hybridized carbons (Fsp3) is 0.720. The molecule has 0 aromatic heterocycles. The number of amides is 1. The summed E-state index contributed by atoms with van der Waals surface area (Å²) < 4.78 is 28.2. The van der Waals surface area contributed by atoms with E-state index >= 15 is 0 Å². The first kappa shape index (κ1) is 27.0. The number of halogens is 3. The number of hydrogen-bond acceptors (Lipinski definition) is 3. The van der Waals surface area contributed by atoms with E-state index in [1.165, 1.54) is 12.1 Å². The molecule has 2 aliphatic heterocycles. The second-order valence-electron chi connectivity index (χ2n) is 11.0. The number of aliphatic hydroxyl groups is 1. The highest BCUT2D eigenvalue weighted by molar-refractivity contribution is 5.85. The average Bonchev–Trinajstić information content (AvgIpc) is 3.10. The molecule has 5 atom stereocenters. The number of piperidine rings is 1. The largest absolute Gasteiger partial charge is 0.389 e. The highest BCUT2D eigenvalue weighted by atomic mass is 35.5. The summed E-state index contributed by atoms with van der Waals surface area (Å²) in [5, 5.41) is 11.3. The highest BCUT2D eigenvalue weighted by Crippen LogP contribution is 2.42. The van der Waals surface area contributed by atoms with Crippen LogP contribution in [0.4, 0.5) is 8.78 Å². The number of benzene rings is 1. The monoisotopic (exact) mass is 472 g/mol. The van der Waals surface area contributed by atoms with Crippen molar-refractivity contribution in [1.82, 2.24) is 9.80 Å². The van der Waals surface area contributed by atoms with Crippen molar-refractivity contribution in [2.24, 2.45) is 23.7 Å². The summed E-state index contributed by atoms with van der Waals surface area (Å²) in [5.74, 6) is -1.94. The van der Waals surface area contributed by atoms with Crippen molar-refractivity contribution in [2.75, 3.05) is 26.2 Å². The molecular formula is C25H39ClF2N2O2. The van der Waals surface area contributed by atoms with Crippen molar-refractivity contribution in [3.05, 3.63) is 35.4 Å². The van der Waals surface area contributed by atoms with E-state index in [0.29, 0.717) is 31.7 Å². The van der Waals surface area contributed by atoms with E-state index in [1.807, 2.05) is 32.6 Å². The first-order chi connectivity index (χ1) is 14.3. The first-order valence-electron chi connectivity index (χ1n) is 11.5. The quantitative estimate of drug-likeness (QED) is 0.693. The Morgan fingerprint density at radius 1 is 1.09 bits per heavy atom. The Bertz CT molecular complexity index is 815. The van der Waals surface area contributed by atoms with Gasteiger partial charge in [-0.2, -0.15) is 0 Å². The predicted molar refractivity (Wildman–Crippen MR) is 126 cm³/mol. The maximum absolute atomic E-state index is 14.7. The second-order valence-corrected chi connectivity index (χ2v) is 11.0. The predicted octanol–water partition coefficient (Wildman–Crippen LogP) is 4.70. The molecule has 2 saturated heterocycles. The smallest absolute Gasteiger partial charge is 0.227 e. The van der Waals surface area contributed by atoms with Gasteiger partial charge in [0.2, 0.25) is 5.91 Å². The van der Waals surface area contributed by atoms with E-state index in [1.54, 1.807) is 0 Å². The van der Waals surface area contributed by atoms with Crippen LogP contribution in [0.1, 0.15) is 59.9 Å². The topological polar surface area (TPSA) is 43.8 Å². The lowest BCUT2D eigenvalue weighted by molar-refractivity contribution is -0.159. The van der Waals surface area contributed by atoms with Crippen molar-refractivity contribution in [2.45, 2.75) is 65.5 Å². The molecule has 0 spiro atoms. The van der Waals surface area contributed by atoms with Crippen LogP contribution in [0.5, 0.6) is 0 Å². The minimum absolute atomic E-state index is 0. The normalized spacial score (nSPS) is 31.7. The summed E-state index contributed by atoms with van der Waals surface area (Å²) in [6, 6.07) is 3.67. The van der Waals surface area contributed by atoms with Crippen molar-refractivity contribution in [3.8, 4) is 0 Å². The molecule has 0 aliphatic carbocycles. The van der Waals surface area contributed by atoms with Crippen LogP contribution in [0.15, 0.2) is 18.2 Å². The lowest BCUT2D eigenvalue weighted by atomic mass is 9.68. The van der Waals surface area contributed by atoms with Gasteiger partial charge in [-0.25, -0.2) is 8.78 Å². The van der Waals surface area contributed by atoms with Gasteiger partial charge in [-0.3, -0.25) is 9.69 Å². The van der Waals surface area contributed by atoms with Gasteiger partial charge in [0.15, 0.2) is 0 Å². The number of likely N-dealkylation sites (tertiary alicyclic amines) is 2. The molecule has 1 aromatic rings. The van der Waals surface area contributed by atoms with Crippen LogP contribution >= 0.6 is 12.4 Å². The van der Waals surface area contributed by atoms with E-state index in [2.05, 4.69) is 25.7 Å². The zero-order valence-electron chi connectivity index (χ0n) is 20.4. The number of rotatable bonds is 3. The van der Waals surface area contributed by atoms with Crippen molar-refractivity contribution in [3.63, 3.8) is 0 Å². The Morgan fingerprint density at radius 2 is 1.66 bits per heavy atom. The average molecular weight is 473 g/mol. The van der Waals surface area contributed by atoms with Gasteiger partial charge >= 0.3 is 0 Å². The Kier molecular flexibility index (Phi) is 8.06. The third kappa shape index (κ3) is 4.83. The first-order valence-corrected chi connectivity index (χ1v) is 11.5. The molecule has 1 amide bonds. The molecule has 0 bridgehead atoms. The van der Waals surface area contributed by atoms with Crippen molar-refractivity contribution < 1.29 is 18.7 Å². The van der Waals surface area contributed by atoms with E-state index in [0.717, 1.165) is 6.07 Å². The molecule has 4 nitrogen and oxygen atoms in total. The summed E-state index contributed by atoms with van der Waals surface area (Å²) >= 11 is 0. The zero-order chi connectivity index (χ0) is 23.3. The summed E-state index contributed by atoms with van der Waals surface area (Å²) in [6.45, 7) is 16.4. The Hall–Kier alpha value is -1.24. The molecular weight excluding hydrogens is 434 g/mol. The third-order valence-corrected chi connectivity index (χ3v) is 7.75. The molecule has 2 aliphatic rings. The van der Waals surface area contributed by atoms with Crippen LogP contribution in [-0.2, 0) is 4.79 Å². The van der Waals surface area contributed by atoms with Crippen LogP contribution in [0.2, 0.25) is 0 Å². The van der Waals surface area contributed by atoms with Gasteiger partial charge in [0.1, 0.15) is 11.6 Å². The van der Waals surface area contributed by atoms with Gasteiger partial charge in [-0.05, 0) is 38.3 Å². The van der Waals surface area contributed by atoms with E-state index in [9.17, 15) is 18.7 Å². The molecule has 0 unspecified atom stereocenters. The van der Waals surface area contributed by atoms with Crippen LogP contribution in [-0.4, -0.2) is 58.1 Å². The molecule has 2 fully saturated rings. The van der Waals surface area contributed by atoms with Crippen molar-refractivity contribution >= 4 is 18.3 Å². The third-order valence-electron chi connectivity index (χ3n) is 7.75. The van der Waals surface area contributed by atoms with Crippen LogP contribution < -0.4 is 0 Å². The Morgan fingerprint density at radius 3 is 2.12 bits per heavy atom. The number of nitrogens with zero attached hydrogens (tertiary/aromatic N) is 2. The Balaban J connectivity index is 0.00000363. The van der Waals surface area contributed by atoms with Crippen LogP contribution in [0.3, 0.4) is 0 Å². The standard InChI is InChI=1S/C25H38F2N2O2.ClH/c1-15(2)25(31)16(3)11-28(12-17(25)4)23(30)21-14-29(24(5,6)7)13-20(21)19-9-8-18(26)10-22(19)27;/h8-10,15-17,20-21,31H,11-14H2,1-7H3;1H/t16-,17+,20-,21+,25+;/m0./s1. The molecule has 32 heavy (non-hydrogen) atoms. The van der Waals surface area contributed by atoms with E-state index < -0.39 is 23.2 Å². The summed E-state index contributed by atoms with van der Waals surface area (Å²) in [5.41, 5.74) is -0.570. The maximum Gasteiger partial charge on any atom is 0.227 e. The molecule has 7 heteroatoms. The van der Waals surface area contributed by atoms with Crippen molar-refractivity contribution in [1.29, 1.82) is 0 Å². The molecule has 1 aromatic carbocycles. The van der Waals surface area contributed by atoms with Gasteiger partial charge in [0.25, 0.3) is 0 Å². The lowest BCUT2D eigenvalue weighted by Crippen LogP contribution is -2.61. The summed E-state index contributed by atoms with van der Waals surface area (Å²) in [4.78, 5) is 17.8. The van der Waals surface area contributed by atoms with E-state index in [4.69, 9.17) is 0 Å². The molecule has 1 N–H and O–H groups in total. The minimum atomic E-state index is -0.813. The van der Waals surface area contributed by atoms with Crippen LogP contribution in [0.25, 0.3) is 0 Å². The van der Waals surface area contributed by atoms with Gasteiger partial charge in [0.05, 0.1) is 11.5 Å². The summed E-state index contributed by atoms with van der Waals surface area (Å²) in [7, 11) is 0. The molecule has 182 valence electrons. The van der Waals surface area contributed by atoms with E-state index in [-0.39, 0.29) is 47.5 Å². The fourth-order valence-electron chi connectivity index (χ4n) is 5.79. The fourth-order valence-corrected chi connectivity index (χ4v) is 5.79.